The molecule has 18 heavy (non-hydrogen) atoms. The van der Waals surface area contributed by atoms with Gasteiger partial charge in [-0.25, -0.2) is 9.59 Å². The van der Waals surface area contributed by atoms with E-state index < -0.39 is 24.1 Å². The van der Waals surface area contributed by atoms with Crippen molar-refractivity contribution in [1.29, 1.82) is 0 Å². The summed E-state index contributed by atoms with van der Waals surface area (Å²) in [6.07, 6.45) is -4.53. The van der Waals surface area contributed by atoms with Crippen molar-refractivity contribution >= 4 is 17.9 Å². The van der Waals surface area contributed by atoms with Crippen LogP contribution in [0.25, 0.3) is 0 Å². The Morgan fingerprint density at radius 2 is 1.22 bits per heavy atom. The van der Waals surface area contributed by atoms with Gasteiger partial charge in [-0.05, 0) is 20.8 Å². The maximum atomic E-state index is 10.6. The number of carbonyl (C=O) groups is 3. The van der Waals surface area contributed by atoms with Gasteiger partial charge in [-0.3, -0.25) is 4.79 Å². The number of hydrogen-bond donors (Lipinski definition) is 4. The molecule has 2 atom stereocenters. The standard InChI is InChI=1S/C6H12O2.C4H6O6/c1-6(2,3)5(7)8-4;5-1(3(7)8)2(6)4(9)10/h1-4H3;1-2,5-6H,(H,7,8)(H,9,10)/t;1-,2-/m.1/s1. The third kappa shape index (κ3) is 7.58. The minimum Gasteiger partial charge on any atom is -0.479 e. The Balaban J connectivity index is 0. The van der Waals surface area contributed by atoms with Gasteiger partial charge in [0.25, 0.3) is 0 Å². The minimum absolute atomic E-state index is 0.169. The first-order valence-corrected chi connectivity index (χ1v) is 4.85. The maximum absolute atomic E-state index is 10.6. The molecule has 0 aromatic carbocycles. The number of rotatable bonds is 3. The molecule has 0 aliphatic rings. The van der Waals surface area contributed by atoms with Crippen LogP contribution >= 0.6 is 0 Å². The summed E-state index contributed by atoms with van der Waals surface area (Å²) in [6, 6.07) is 0. The molecule has 0 aromatic rings. The molecular weight excluding hydrogens is 248 g/mol. The number of carboxylic acids is 2. The number of esters is 1. The van der Waals surface area contributed by atoms with Gasteiger partial charge >= 0.3 is 17.9 Å². The van der Waals surface area contributed by atoms with Gasteiger partial charge < -0.3 is 25.2 Å². The van der Waals surface area contributed by atoms with Crippen molar-refractivity contribution in [2.75, 3.05) is 7.11 Å². The van der Waals surface area contributed by atoms with Gasteiger partial charge in [-0.15, -0.1) is 0 Å². The van der Waals surface area contributed by atoms with Crippen molar-refractivity contribution in [2.24, 2.45) is 5.41 Å². The van der Waals surface area contributed by atoms with Crippen LogP contribution in [0.2, 0.25) is 0 Å². The molecule has 0 spiro atoms. The monoisotopic (exact) mass is 266 g/mol. The lowest BCUT2D eigenvalue weighted by molar-refractivity contribution is -0.165. The van der Waals surface area contributed by atoms with E-state index in [1.54, 1.807) is 0 Å². The van der Waals surface area contributed by atoms with Crippen LogP contribution in [0.15, 0.2) is 0 Å². The Morgan fingerprint density at radius 1 is 0.944 bits per heavy atom. The molecule has 0 fully saturated rings. The number of aliphatic hydroxyl groups excluding tert-OH is 2. The Labute approximate surface area is 104 Å². The highest BCUT2D eigenvalue weighted by atomic mass is 16.5. The van der Waals surface area contributed by atoms with Crippen LogP contribution in [0.5, 0.6) is 0 Å². The van der Waals surface area contributed by atoms with Crippen molar-refractivity contribution in [1.82, 2.24) is 0 Å². The fourth-order valence-corrected chi connectivity index (χ4v) is 0.576. The summed E-state index contributed by atoms with van der Waals surface area (Å²) >= 11 is 0. The van der Waals surface area contributed by atoms with Gasteiger partial charge in [0, 0.05) is 0 Å². The number of carbonyl (C=O) groups excluding carboxylic acids is 1. The molecule has 8 nitrogen and oxygen atoms in total. The molecule has 0 bridgehead atoms. The molecular formula is C10H18O8. The highest BCUT2D eigenvalue weighted by molar-refractivity contribution is 5.83. The van der Waals surface area contributed by atoms with E-state index in [2.05, 4.69) is 4.74 Å². The van der Waals surface area contributed by atoms with Crippen molar-refractivity contribution in [3.63, 3.8) is 0 Å². The zero-order valence-electron chi connectivity index (χ0n) is 10.6. The van der Waals surface area contributed by atoms with Gasteiger partial charge in [-0.2, -0.15) is 0 Å². The van der Waals surface area contributed by atoms with E-state index in [1.165, 1.54) is 7.11 Å². The molecule has 0 heterocycles. The third-order valence-electron chi connectivity index (χ3n) is 1.60. The summed E-state index contributed by atoms with van der Waals surface area (Å²) in [4.78, 5) is 30.2. The molecule has 0 aromatic heterocycles. The zero-order chi connectivity index (χ0) is 15.1. The molecule has 0 saturated carbocycles. The summed E-state index contributed by atoms with van der Waals surface area (Å²) in [7, 11) is 1.40. The van der Waals surface area contributed by atoms with Crippen LogP contribution in [0, 0.1) is 5.41 Å². The molecule has 0 aliphatic carbocycles. The van der Waals surface area contributed by atoms with Crippen LogP contribution < -0.4 is 0 Å². The quantitative estimate of drug-likeness (QED) is 0.481. The van der Waals surface area contributed by atoms with Gasteiger partial charge in [0.05, 0.1) is 12.5 Å². The Bertz CT molecular complexity index is 285. The SMILES string of the molecule is COC(=O)C(C)(C)C.O=C(O)[C@H](O)[C@@H](O)C(=O)O. The number of carboxylic acid groups (broad SMARTS) is 2. The van der Waals surface area contributed by atoms with Gasteiger partial charge in [-0.1, -0.05) is 0 Å². The molecule has 8 heteroatoms. The molecule has 4 N–H and O–H groups in total. The second-order valence-corrected chi connectivity index (χ2v) is 4.31. The lowest BCUT2D eigenvalue weighted by atomic mass is 9.98. The minimum atomic E-state index is -2.27. The summed E-state index contributed by atoms with van der Waals surface area (Å²) in [5.74, 6) is -3.71. The third-order valence-corrected chi connectivity index (χ3v) is 1.60. The first-order chi connectivity index (χ1) is 7.95. The molecule has 106 valence electrons. The Morgan fingerprint density at radius 3 is 1.28 bits per heavy atom. The van der Waals surface area contributed by atoms with Crippen molar-refractivity contribution in [2.45, 2.75) is 33.0 Å². The lowest BCUT2D eigenvalue weighted by Gasteiger charge is -2.13. The largest absolute Gasteiger partial charge is 0.479 e. The van der Waals surface area contributed by atoms with Gasteiger partial charge in [0.2, 0.25) is 0 Å². The van der Waals surface area contributed by atoms with E-state index in [0.29, 0.717) is 0 Å². The zero-order valence-corrected chi connectivity index (χ0v) is 10.6. The normalized spacial score (nSPS) is 13.7. The van der Waals surface area contributed by atoms with Crippen molar-refractivity contribution < 1.29 is 39.5 Å². The number of methoxy groups -OCH3 is 1. The molecule has 0 saturated heterocycles. The predicted octanol–water partition coefficient (Wildman–Crippen LogP) is -0.917. The van der Waals surface area contributed by atoms with E-state index in [1.807, 2.05) is 20.8 Å². The first kappa shape index (κ1) is 18.7. The Kier molecular flexibility index (Phi) is 7.91. The lowest BCUT2D eigenvalue weighted by Crippen LogP contribution is -2.39. The van der Waals surface area contributed by atoms with Crippen molar-refractivity contribution in [3.05, 3.63) is 0 Å². The van der Waals surface area contributed by atoms with E-state index in [4.69, 9.17) is 20.4 Å². The van der Waals surface area contributed by atoms with Crippen LogP contribution in [-0.2, 0) is 19.1 Å². The number of aliphatic hydroxyl groups is 2. The summed E-state index contributed by atoms with van der Waals surface area (Å²) in [6.45, 7) is 5.45. The second kappa shape index (κ2) is 7.62. The average molecular weight is 266 g/mol. The van der Waals surface area contributed by atoms with E-state index in [-0.39, 0.29) is 11.4 Å². The van der Waals surface area contributed by atoms with E-state index in [0.717, 1.165) is 0 Å². The number of aliphatic carboxylic acids is 2. The van der Waals surface area contributed by atoms with Crippen LogP contribution in [0.1, 0.15) is 20.8 Å². The fourth-order valence-electron chi connectivity index (χ4n) is 0.576. The fraction of sp³-hybridized carbons (Fsp3) is 0.700. The molecule has 0 amide bonds. The number of hydrogen-bond acceptors (Lipinski definition) is 6. The second-order valence-electron chi connectivity index (χ2n) is 4.31. The highest BCUT2D eigenvalue weighted by Crippen LogP contribution is 2.13. The van der Waals surface area contributed by atoms with Crippen LogP contribution in [-0.4, -0.2) is 57.7 Å². The molecule has 0 rings (SSSR count). The molecule has 0 unspecified atom stereocenters. The van der Waals surface area contributed by atoms with E-state index in [9.17, 15) is 14.4 Å². The number of ether oxygens (including phenoxy) is 1. The van der Waals surface area contributed by atoms with Crippen LogP contribution in [0.4, 0.5) is 0 Å². The van der Waals surface area contributed by atoms with Gasteiger partial charge in [0.15, 0.2) is 12.2 Å². The summed E-state index contributed by atoms with van der Waals surface area (Å²) in [5, 5.41) is 32.5. The van der Waals surface area contributed by atoms with E-state index >= 15 is 0 Å². The Hall–Kier alpha value is -1.67. The maximum Gasteiger partial charge on any atom is 0.335 e. The molecule has 0 aliphatic heterocycles. The van der Waals surface area contributed by atoms with Crippen molar-refractivity contribution in [3.8, 4) is 0 Å². The highest BCUT2D eigenvalue weighted by Gasteiger charge is 2.29. The topological polar surface area (TPSA) is 141 Å². The average Bonchev–Trinajstić information content (AvgIpc) is 2.25. The summed E-state index contributed by atoms with van der Waals surface area (Å²) in [5.41, 5.74) is -0.352. The van der Waals surface area contributed by atoms with Crippen LogP contribution in [0.3, 0.4) is 0 Å². The smallest absolute Gasteiger partial charge is 0.335 e. The summed E-state index contributed by atoms with van der Waals surface area (Å²) < 4.78 is 4.48. The molecule has 0 radical (unpaired) electrons. The first-order valence-electron chi connectivity index (χ1n) is 4.85. The van der Waals surface area contributed by atoms with Gasteiger partial charge in [0.1, 0.15) is 0 Å². The predicted molar refractivity (Wildman–Crippen MR) is 58.8 cm³/mol.